The van der Waals surface area contributed by atoms with Gasteiger partial charge < -0.3 is 0 Å². The van der Waals surface area contributed by atoms with Gasteiger partial charge in [0.2, 0.25) is 0 Å². The molecule has 0 radical (unpaired) electrons. The number of sulfone groups is 1. The molecule has 0 N–H and O–H groups in total. The molecule has 10 heteroatoms. The lowest BCUT2D eigenvalue weighted by Crippen LogP contribution is -2.34. The van der Waals surface area contributed by atoms with Gasteiger partial charge in [0, 0.05) is 22.8 Å². The van der Waals surface area contributed by atoms with Crippen molar-refractivity contribution in [1.29, 1.82) is 0 Å². The molecule has 0 atom stereocenters. The molecule has 1 amide bonds. The molecule has 0 bridgehead atoms. The lowest BCUT2D eigenvalue weighted by Gasteiger charge is -2.20. The summed E-state index contributed by atoms with van der Waals surface area (Å²) < 4.78 is 27.5. The summed E-state index contributed by atoms with van der Waals surface area (Å²) in [5.41, 5.74) is 3.89. The Morgan fingerprint density at radius 1 is 1.15 bits per heavy atom. The summed E-state index contributed by atoms with van der Waals surface area (Å²) in [6, 6.07) is 11.8. The van der Waals surface area contributed by atoms with Crippen LogP contribution in [0.2, 0.25) is 5.02 Å². The number of hydrogen-bond donors (Lipinski definition) is 0. The van der Waals surface area contributed by atoms with Crippen LogP contribution >= 0.6 is 22.9 Å². The Balaban J connectivity index is 1.76. The van der Waals surface area contributed by atoms with E-state index in [-0.39, 0.29) is 22.1 Å². The number of hydrogen-bond acceptors (Lipinski definition) is 6. The summed E-state index contributed by atoms with van der Waals surface area (Å²) in [4.78, 5) is 20.2. The minimum atomic E-state index is -3.45. The molecular formula is C24H25ClN4O3S2. The monoisotopic (exact) mass is 516 g/mol. The van der Waals surface area contributed by atoms with Crippen LogP contribution in [0.15, 0.2) is 47.4 Å². The van der Waals surface area contributed by atoms with Crippen molar-refractivity contribution in [3.05, 3.63) is 70.0 Å². The van der Waals surface area contributed by atoms with Gasteiger partial charge in [-0.1, -0.05) is 35.9 Å². The smallest absolute Gasteiger partial charge is 0.260 e. The zero-order valence-electron chi connectivity index (χ0n) is 19.4. The van der Waals surface area contributed by atoms with E-state index in [1.807, 2.05) is 43.7 Å². The molecule has 4 rings (SSSR count). The normalized spacial score (nSPS) is 11.8. The Labute approximate surface area is 207 Å². The SMILES string of the molecule is CCS(=O)(=O)c1cccc(C(=O)N(CCn2nc(C)cc2C)c2nc3c(C)cc(Cl)cc3s2)c1. The van der Waals surface area contributed by atoms with Crippen LogP contribution < -0.4 is 4.90 Å². The predicted octanol–water partition coefficient (Wildman–Crippen LogP) is 5.21. The van der Waals surface area contributed by atoms with Crippen molar-refractivity contribution in [2.45, 2.75) is 39.1 Å². The number of thiazole rings is 1. The first-order chi connectivity index (χ1) is 16.1. The van der Waals surface area contributed by atoms with E-state index in [0.717, 1.165) is 27.2 Å². The molecule has 2 heterocycles. The maximum absolute atomic E-state index is 13.7. The van der Waals surface area contributed by atoms with E-state index in [2.05, 4.69) is 5.10 Å². The molecule has 34 heavy (non-hydrogen) atoms. The topological polar surface area (TPSA) is 85.2 Å². The molecule has 0 unspecified atom stereocenters. The van der Waals surface area contributed by atoms with Gasteiger partial charge in [-0.15, -0.1) is 0 Å². The average Bonchev–Trinajstić information content (AvgIpc) is 3.36. The zero-order valence-corrected chi connectivity index (χ0v) is 21.8. The fourth-order valence-electron chi connectivity index (χ4n) is 3.78. The average molecular weight is 517 g/mol. The van der Waals surface area contributed by atoms with Gasteiger partial charge in [0.15, 0.2) is 15.0 Å². The van der Waals surface area contributed by atoms with Crippen molar-refractivity contribution in [1.82, 2.24) is 14.8 Å². The highest BCUT2D eigenvalue weighted by atomic mass is 35.5. The molecule has 0 fully saturated rings. The van der Waals surface area contributed by atoms with Crippen LogP contribution in [0.5, 0.6) is 0 Å². The van der Waals surface area contributed by atoms with Crippen molar-refractivity contribution in [2.24, 2.45) is 0 Å². The molecule has 0 spiro atoms. The van der Waals surface area contributed by atoms with Gasteiger partial charge in [-0.2, -0.15) is 5.10 Å². The summed E-state index contributed by atoms with van der Waals surface area (Å²) in [5, 5.41) is 5.63. The lowest BCUT2D eigenvalue weighted by atomic mass is 10.2. The lowest BCUT2D eigenvalue weighted by molar-refractivity contribution is 0.0985. The van der Waals surface area contributed by atoms with Gasteiger partial charge in [0.25, 0.3) is 5.91 Å². The van der Waals surface area contributed by atoms with Crippen molar-refractivity contribution in [3.63, 3.8) is 0 Å². The number of nitrogens with zero attached hydrogens (tertiary/aromatic N) is 4. The molecule has 2 aromatic carbocycles. The number of rotatable bonds is 7. The minimum Gasteiger partial charge on any atom is -0.282 e. The molecule has 4 aromatic rings. The van der Waals surface area contributed by atoms with E-state index in [4.69, 9.17) is 16.6 Å². The van der Waals surface area contributed by atoms with Gasteiger partial charge >= 0.3 is 0 Å². The molecule has 2 aromatic heterocycles. The van der Waals surface area contributed by atoms with Crippen LogP contribution in [0.3, 0.4) is 0 Å². The Morgan fingerprint density at radius 3 is 2.59 bits per heavy atom. The molecule has 0 aliphatic rings. The molecule has 0 saturated heterocycles. The highest BCUT2D eigenvalue weighted by Gasteiger charge is 2.24. The van der Waals surface area contributed by atoms with Crippen LogP contribution in [0.4, 0.5) is 5.13 Å². The number of amides is 1. The van der Waals surface area contributed by atoms with Gasteiger partial charge in [0.05, 0.1) is 33.1 Å². The van der Waals surface area contributed by atoms with E-state index >= 15 is 0 Å². The predicted molar refractivity (Wildman–Crippen MR) is 137 cm³/mol. The fourth-order valence-corrected chi connectivity index (χ4v) is 6.15. The Morgan fingerprint density at radius 2 is 1.91 bits per heavy atom. The fraction of sp³-hybridized carbons (Fsp3) is 0.292. The molecule has 178 valence electrons. The van der Waals surface area contributed by atoms with Crippen LogP contribution in [0, 0.1) is 20.8 Å². The summed E-state index contributed by atoms with van der Waals surface area (Å²) in [6.45, 7) is 8.19. The standard InChI is InChI=1S/C24H25ClN4O3S2/c1-5-34(31,32)20-8-6-7-18(13-20)23(30)28(9-10-29-17(4)12-16(3)27-29)24-26-22-15(2)11-19(25)14-21(22)33-24/h6-8,11-14H,5,9-10H2,1-4H3. The van der Waals surface area contributed by atoms with Gasteiger partial charge in [0.1, 0.15) is 0 Å². The number of halogens is 1. The second-order valence-electron chi connectivity index (χ2n) is 8.10. The number of aryl methyl sites for hydroxylation is 3. The van der Waals surface area contributed by atoms with Gasteiger partial charge in [-0.3, -0.25) is 14.4 Å². The number of fused-ring (bicyclic) bond motifs is 1. The number of anilines is 1. The number of benzene rings is 2. The number of aromatic nitrogens is 3. The Bertz CT molecular complexity index is 1490. The van der Waals surface area contributed by atoms with Crippen molar-refractivity contribution < 1.29 is 13.2 Å². The number of carbonyl (C=O) groups is 1. The minimum absolute atomic E-state index is 0.0375. The summed E-state index contributed by atoms with van der Waals surface area (Å²) in [5.74, 6) is -0.359. The van der Waals surface area contributed by atoms with Crippen molar-refractivity contribution in [2.75, 3.05) is 17.2 Å². The highest BCUT2D eigenvalue weighted by Crippen LogP contribution is 2.34. The van der Waals surface area contributed by atoms with Crippen LogP contribution in [-0.2, 0) is 16.4 Å². The maximum Gasteiger partial charge on any atom is 0.260 e. The summed E-state index contributed by atoms with van der Waals surface area (Å²) >= 11 is 7.61. The quantitative estimate of drug-likeness (QED) is 0.336. The van der Waals surface area contributed by atoms with Crippen molar-refractivity contribution >= 4 is 54.0 Å². The molecule has 7 nitrogen and oxygen atoms in total. The number of carbonyl (C=O) groups excluding carboxylic acids is 1. The van der Waals surface area contributed by atoms with Crippen molar-refractivity contribution in [3.8, 4) is 0 Å². The first-order valence-electron chi connectivity index (χ1n) is 10.8. The van der Waals surface area contributed by atoms with Gasteiger partial charge in [-0.25, -0.2) is 13.4 Å². The van der Waals surface area contributed by atoms with Crippen LogP contribution in [-0.4, -0.2) is 41.4 Å². The first kappa shape index (κ1) is 24.4. The molecule has 0 aliphatic carbocycles. The Hall–Kier alpha value is -2.75. The zero-order chi connectivity index (χ0) is 24.6. The van der Waals surface area contributed by atoms with Crippen LogP contribution in [0.1, 0.15) is 34.2 Å². The van der Waals surface area contributed by atoms with Crippen LogP contribution in [0.25, 0.3) is 10.2 Å². The molecule has 0 aliphatic heterocycles. The third kappa shape index (κ3) is 4.87. The van der Waals surface area contributed by atoms with E-state index in [0.29, 0.717) is 23.2 Å². The summed E-state index contributed by atoms with van der Waals surface area (Å²) in [7, 11) is -3.45. The first-order valence-corrected chi connectivity index (χ1v) is 13.7. The highest BCUT2D eigenvalue weighted by molar-refractivity contribution is 7.91. The largest absolute Gasteiger partial charge is 0.282 e. The maximum atomic E-state index is 13.7. The van der Waals surface area contributed by atoms with E-state index < -0.39 is 9.84 Å². The van der Waals surface area contributed by atoms with E-state index in [1.165, 1.54) is 23.5 Å². The second-order valence-corrected chi connectivity index (χ2v) is 11.8. The third-order valence-corrected chi connectivity index (χ3v) is 8.55. The Kier molecular flexibility index (Phi) is 6.80. The third-order valence-electron chi connectivity index (χ3n) is 5.57. The second kappa shape index (κ2) is 9.48. The summed E-state index contributed by atoms with van der Waals surface area (Å²) in [6.07, 6.45) is 0. The van der Waals surface area contributed by atoms with E-state index in [9.17, 15) is 13.2 Å². The molecular weight excluding hydrogens is 492 g/mol. The van der Waals surface area contributed by atoms with Gasteiger partial charge in [-0.05, 0) is 62.7 Å². The molecule has 0 saturated carbocycles. The van der Waals surface area contributed by atoms with E-state index in [1.54, 1.807) is 24.0 Å².